The molecule has 0 saturated heterocycles. The Labute approximate surface area is 170 Å². The molecule has 0 fully saturated rings. The molecule has 0 unspecified atom stereocenters. The fourth-order valence-electron chi connectivity index (χ4n) is 2.88. The average Bonchev–Trinajstić information content (AvgIpc) is 3.05. The number of allylic oxidation sites excluding steroid dienone is 1. The Kier molecular flexibility index (Phi) is 5.35. The van der Waals surface area contributed by atoms with Gasteiger partial charge >= 0.3 is 0 Å². The van der Waals surface area contributed by atoms with Crippen molar-refractivity contribution >= 4 is 27.5 Å². The molecule has 0 N–H and O–H groups in total. The van der Waals surface area contributed by atoms with E-state index in [1.165, 1.54) is 23.5 Å². The summed E-state index contributed by atoms with van der Waals surface area (Å²) < 4.78 is 21.9. The molecule has 1 aromatic heterocycles. The molecule has 6 heteroatoms. The molecule has 4 aromatic rings. The van der Waals surface area contributed by atoms with Crippen LogP contribution in [0.5, 0.6) is 11.5 Å². The van der Waals surface area contributed by atoms with Gasteiger partial charge in [0.25, 0.3) is 5.91 Å². The van der Waals surface area contributed by atoms with E-state index in [0.717, 1.165) is 16.0 Å². The molecule has 3 aromatic carbocycles. The average molecular weight is 404 g/mol. The third-order valence-corrected chi connectivity index (χ3v) is 5.27. The van der Waals surface area contributed by atoms with Gasteiger partial charge < -0.3 is 9.30 Å². The number of benzene rings is 3. The van der Waals surface area contributed by atoms with Gasteiger partial charge in [0, 0.05) is 12.1 Å². The molecule has 1 amide bonds. The highest BCUT2D eigenvalue weighted by molar-refractivity contribution is 7.16. The van der Waals surface area contributed by atoms with E-state index in [4.69, 9.17) is 4.74 Å². The summed E-state index contributed by atoms with van der Waals surface area (Å²) in [5, 5.41) is 0. The fraction of sp³-hybridized carbons (Fsp3) is 0.0435. The summed E-state index contributed by atoms with van der Waals surface area (Å²) in [4.78, 5) is 17.4. The second kappa shape index (κ2) is 8.24. The molecular formula is C23H17FN2O2S. The minimum absolute atomic E-state index is 0.323. The van der Waals surface area contributed by atoms with Crippen molar-refractivity contribution in [3.63, 3.8) is 0 Å². The number of carbonyl (C=O) groups is 1. The second-order valence-electron chi connectivity index (χ2n) is 6.25. The van der Waals surface area contributed by atoms with Crippen molar-refractivity contribution in [3.8, 4) is 11.5 Å². The van der Waals surface area contributed by atoms with Crippen LogP contribution in [-0.4, -0.2) is 10.5 Å². The highest BCUT2D eigenvalue weighted by atomic mass is 32.1. The monoisotopic (exact) mass is 404 g/mol. The number of carbonyl (C=O) groups excluding carboxylic acids is 1. The fourth-order valence-corrected chi connectivity index (χ4v) is 3.94. The van der Waals surface area contributed by atoms with Crippen LogP contribution >= 0.6 is 11.3 Å². The van der Waals surface area contributed by atoms with Crippen LogP contribution < -0.4 is 9.54 Å². The zero-order valence-electron chi connectivity index (χ0n) is 15.4. The summed E-state index contributed by atoms with van der Waals surface area (Å²) in [6.07, 6.45) is 1.72. The van der Waals surface area contributed by atoms with E-state index in [1.807, 2.05) is 34.9 Å². The Morgan fingerprint density at radius 3 is 2.52 bits per heavy atom. The number of rotatable bonds is 5. The Morgan fingerprint density at radius 2 is 1.79 bits per heavy atom. The summed E-state index contributed by atoms with van der Waals surface area (Å²) in [5.74, 6) is 0.656. The quantitative estimate of drug-likeness (QED) is 0.409. The standard InChI is InChI=1S/C23H17FN2O2S/c1-2-14-26-20-13-10-17(24)15-21(20)29-23(26)25-22(27)16-8-11-19(12-9-16)28-18-6-4-3-5-7-18/h2-13,15H,1,14H2. The van der Waals surface area contributed by atoms with E-state index in [0.29, 0.717) is 22.7 Å². The molecule has 0 spiro atoms. The number of para-hydroxylation sites is 1. The summed E-state index contributed by atoms with van der Waals surface area (Å²) in [6.45, 7) is 4.23. The molecule has 29 heavy (non-hydrogen) atoms. The van der Waals surface area contributed by atoms with Crippen LogP contribution in [0.25, 0.3) is 10.2 Å². The molecule has 4 nitrogen and oxygen atoms in total. The molecule has 0 aliphatic carbocycles. The van der Waals surface area contributed by atoms with Gasteiger partial charge in [-0.05, 0) is 54.6 Å². The van der Waals surface area contributed by atoms with Crippen LogP contribution in [0.2, 0.25) is 0 Å². The van der Waals surface area contributed by atoms with Gasteiger partial charge in [-0.3, -0.25) is 4.79 Å². The normalized spacial score (nSPS) is 11.6. The number of aromatic nitrogens is 1. The van der Waals surface area contributed by atoms with Crippen LogP contribution in [0.1, 0.15) is 10.4 Å². The molecule has 144 valence electrons. The summed E-state index contributed by atoms with van der Waals surface area (Å²) in [7, 11) is 0. The van der Waals surface area contributed by atoms with Crippen LogP contribution in [0.15, 0.2) is 90.4 Å². The van der Waals surface area contributed by atoms with Gasteiger partial charge in [0.05, 0.1) is 10.2 Å². The van der Waals surface area contributed by atoms with Crippen LogP contribution in [0, 0.1) is 5.82 Å². The van der Waals surface area contributed by atoms with Crippen LogP contribution in [-0.2, 0) is 6.54 Å². The predicted octanol–water partition coefficient (Wildman–Crippen LogP) is 5.56. The van der Waals surface area contributed by atoms with E-state index in [-0.39, 0.29) is 11.7 Å². The number of fused-ring (bicyclic) bond motifs is 1. The highest BCUT2D eigenvalue weighted by Crippen LogP contribution is 2.22. The van der Waals surface area contributed by atoms with Gasteiger partial charge in [-0.2, -0.15) is 4.99 Å². The first-order valence-electron chi connectivity index (χ1n) is 8.96. The Morgan fingerprint density at radius 1 is 1.07 bits per heavy atom. The Bertz CT molecular complexity index is 1240. The van der Waals surface area contributed by atoms with Crippen molar-refractivity contribution in [2.75, 3.05) is 0 Å². The van der Waals surface area contributed by atoms with Gasteiger partial charge in [-0.25, -0.2) is 4.39 Å². The Hall–Kier alpha value is -3.51. The van der Waals surface area contributed by atoms with E-state index < -0.39 is 0 Å². The van der Waals surface area contributed by atoms with Crippen molar-refractivity contribution in [1.29, 1.82) is 0 Å². The molecule has 0 aliphatic rings. The zero-order valence-corrected chi connectivity index (χ0v) is 16.2. The lowest BCUT2D eigenvalue weighted by Gasteiger charge is -2.05. The van der Waals surface area contributed by atoms with Gasteiger partial charge in [-0.1, -0.05) is 35.6 Å². The largest absolute Gasteiger partial charge is 0.457 e. The number of nitrogens with zero attached hydrogens (tertiary/aromatic N) is 2. The van der Waals surface area contributed by atoms with Crippen LogP contribution in [0.3, 0.4) is 0 Å². The van der Waals surface area contributed by atoms with Crippen molar-refractivity contribution in [3.05, 3.63) is 102 Å². The number of thiazole rings is 1. The number of amides is 1. The number of halogens is 1. The van der Waals surface area contributed by atoms with Crippen molar-refractivity contribution in [1.82, 2.24) is 4.57 Å². The topological polar surface area (TPSA) is 43.6 Å². The maximum Gasteiger partial charge on any atom is 0.279 e. The number of hydrogen-bond acceptors (Lipinski definition) is 3. The molecular weight excluding hydrogens is 387 g/mol. The summed E-state index contributed by atoms with van der Waals surface area (Å²) >= 11 is 1.27. The van der Waals surface area contributed by atoms with E-state index in [1.54, 1.807) is 36.4 Å². The van der Waals surface area contributed by atoms with Crippen molar-refractivity contribution in [2.24, 2.45) is 4.99 Å². The van der Waals surface area contributed by atoms with Gasteiger partial charge in [0.1, 0.15) is 17.3 Å². The number of hydrogen-bond donors (Lipinski definition) is 0. The molecule has 0 radical (unpaired) electrons. The molecule has 0 bridgehead atoms. The highest BCUT2D eigenvalue weighted by Gasteiger charge is 2.10. The summed E-state index contributed by atoms with van der Waals surface area (Å²) in [6, 6.07) is 20.7. The van der Waals surface area contributed by atoms with Crippen molar-refractivity contribution in [2.45, 2.75) is 6.54 Å². The maximum atomic E-state index is 13.6. The lowest BCUT2D eigenvalue weighted by atomic mass is 10.2. The molecule has 1 heterocycles. The zero-order chi connectivity index (χ0) is 20.2. The molecule has 4 rings (SSSR count). The lowest BCUT2D eigenvalue weighted by molar-refractivity contribution is 0.0998. The smallest absolute Gasteiger partial charge is 0.279 e. The minimum atomic E-state index is -0.374. The molecule has 0 saturated carbocycles. The predicted molar refractivity (Wildman–Crippen MR) is 113 cm³/mol. The second-order valence-corrected chi connectivity index (χ2v) is 7.26. The lowest BCUT2D eigenvalue weighted by Crippen LogP contribution is -2.16. The Balaban J connectivity index is 1.64. The molecule has 0 aliphatic heterocycles. The van der Waals surface area contributed by atoms with E-state index in [9.17, 15) is 9.18 Å². The first kappa shape index (κ1) is 18.8. The minimum Gasteiger partial charge on any atom is -0.457 e. The third-order valence-electron chi connectivity index (χ3n) is 4.23. The molecule has 0 atom stereocenters. The van der Waals surface area contributed by atoms with Gasteiger partial charge in [0.2, 0.25) is 0 Å². The summed E-state index contributed by atoms with van der Waals surface area (Å²) in [5.41, 5.74) is 1.26. The third kappa shape index (κ3) is 4.17. The first-order valence-corrected chi connectivity index (χ1v) is 9.77. The maximum absolute atomic E-state index is 13.6. The van der Waals surface area contributed by atoms with Crippen molar-refractivity contribution < 1.29 is 13.9 Å². The number of ether oxygens (including phenoxy) is 1. The van der Waals surface area contributed by atoms with E-state index >= 15 is 0 Å². The first-order chi connectivity index (χ1) is 14.1. The van der Waals surface area contributed by atoms with Gasteiger partial charge in [0.15, 0.2) is 4.80 Å². The SMILES string of the molecule is C=CCn1c(=NC(=O)c2ccc(Oc3ccccc3)cc2)sc2cc(F)ccc21. The van der Waals surface area contributed by atoms with Gasteiger partial charge in [-0.15, -0.1) is 6.58 Å². The van der Waals surface area contributed by atoms with E-state index in [2.05, 4.69) is 11.6 Å². The van der Waals surface area contributed by atoms with Crippen LogP contribution in [0.4, 0.5) is 4.39 Å².